The Hall–Kier alpha value is -2.06. The molecule has 0 N–H and O–H groups in total. The number of fused-ring (bicyclic) bond motifs is 1. The molecule has 0 saturated carbocycles. The fraction of sp³-hybridized carbons (Fsp3) is 0. The van der Waals surface area contributed by atoms with Crippen molar-refractivity contribution in [1.29, 1.82) is 0 Å². The first kappa shape index (κ1) is 11.1. The van der Waals surface area contributed by atoms with Crippen molar-refractivity contribution in [3.05, 3.63) is 70.9 Å². The maximum absolute atomic E-state index is 12.4. The van der Waals surface area contributed by atoms with Crippen LogP contribution >= 0.6 is 11.6 Å². The van der Waals surface area contributed by atoms with Crippen molar-refractivity contribution in [2.24, 2.45) is 0 Å². The molecule has 0 radical (unpaired) electrons. The molecular formula is C15H9ClO2. The first-order chi connectivity index (χ1) is 8.75. The van der Waals surface area contributed by atoms with E-state index in [2.05, 4.69) is 0 Å². The molecule has 3 heteroatoms. The number of ketones is 1. The first-order valence-corrected chi connectivity index (χ1v) is 5.90. The summed E-state index contributed by atoms with van der Waals surface area (Å²) in [6.45, 7) is 0. The molecule has 0 bridgehead atoms. The van der Waals surface area contributed by atoms with Crippen molar-refractivity contribution in [3.8, 4) is 0 Å². The number of para-hydroxylation sites is 1. The number of benzene rings is 2. The highest BCUT2D eigenvalue weighted by Crippen LogP contribution is 2.24. The molecule has 0 saturated heterocycles. The van der Waals surface area contributed by atoms with Crippen LogP contribution in [0.5, 0.6) is 0 Å². The van der Waals surface area contributed by atoms with E-state index in [0.717, 1.165) is 5.39 Å². The number of carbonyl (C=O) groups excluding carboxylic acids is 1. The number of rotatable bonds is 2. The van der Waals surface area contributed by atoms with Crippen LogP contribution in [0, 0.1) is 0 Å². The van der Waals surface area contributed by atoms with Gasteiger partial charge in [-0.2, -0.15) is 0 Å². The van der Waals surface area contributed by atoms with Gasteiger partial charge in [0.25, 0.3) is 0 Å². The van der Waals surface area contributed by atoms with Crippen molar-refractivity contribution >= 4 is 28.4 Å². The highest BCUT2D eigenvalue weighted by molar-refractivity contribution is 6.31. The van der Waals surface area contributed by atoms with Gasteiger partial charge in [0.15, 0.2) is 5.78 Å². The smallest absolute Gasteiger partial charge is 0.196 e. The minimum atomic E-state index is -0.0811. The monoisotopic (exact) mass is 256 g/mol. The van der Waals surface area contributed by atoms with Crippen molar-refractivity contribution in [2.45, 2.75) is 0 Å². The molecule has 0 amide bonds. The van der Waals surface area contributed by atoms with Gasteiger partial charge in [0.1, 0.15) is 11.8 Å². The van der Waals surface area contributed by atoms with Crippen LogP contribution < -0.4 is 0 Å². The highest BCUT2D eigenvalue weighted by atomic mass is 35.5. The fourth-order valence-electron chi connectivity index (χ4n) is 1.94. The van der Waals surface area contributed by atoms with E-state index in [-0.39, 0.29) is 5.78 Å². The molecule has 0 fully saturated rings. The van der Waals surface area contributed by atoms with Crippen LogP contribution in [-0.4, -0.2) is 5.78 Å². The summed E-state index contributed by atoms with van der Waals surface area (Å²) >= 11 is 5.89. The third-order valence-corrected chi connectivity index (χ3v) is 3.05. The Morgan fingerprint density at radius 1 is 1.06 bits per heavy atom. The number of halogens is 1. The van der Waals surface area contributed by atoms with E-state index in [1.165, 1.54) is 6.26 Å². The summed E-state index contributed by atoms with van der Waals surface area (Å²) < 4.78 is 5.37. The average molecular weight is 257 g/mol. The minimum Gasteiger partial charge on any atom is -0.464 e. The Kier molecular flexibility index (Phi) is 2.65. The van der Waals surface area contributed by atoms with E-state index < -0.39 is 0 Å². The molecule has 3 rings (SSSR count). The van der Waals surface area contributed by atoms with Gasteiger partial charge in [-0.05, 0) is 18.2 Å². The quantitative estimate of drug-likeness (QED) is 0.639. The molecule has 0 unspecified atom stereocenters. The fourth-order valence-corrected chi connectivity index (χ4v) is 2.13. The van der Waals surface area contributed by atoms with Crippen LogP contribution in [0.3, 0.4) is 0 Å². The second-order valence-corrected chi connectivity index (χ2v) is 4.42. The molecule has 0 aliphatic carbocycles. The van der Waals surface area contributed by atoms with Crippen LogP contribution in [0.4, 0.5) is 0 Å². The van der Waals surface area contributed by atoms with Crippen molar-refractivity contribution in [3.63, 3.8) is 0 Å². The lowest BCUT2D eigenvalue weighted by Crippen LogP contribution is -1.99. The lowest BCUT2D eigenvalue weighted by molar-refractivity contribution is 0.103. The predicted molar refractivity (Wildman–Crippen MR) is 71.1 cm³/mol. The first-order valence-electron chi connectivity index (χ1n) is 5.52. The summed E-state index contributed by atoms with van der Waals surface area (Å²) in [6, 6.07) is 14.4. The van der Waals surface area contributed by atoms with Gasteiger partial charge in [-0.15, -0.1) is 0 Å². The van der Waals surface area contributed by atoms with Crippen molar-refractivity contribution in [2.75, 3.05) is 0 Å². The summed E-state index contributed by atoms with van der Waals surface area (Å²) in [5.74, 6) is -0.0811. The highest BCUT2D eigenvalue weighted by Gasteiger charge is 2.15. The molecule has 0 atom stereocenters. The molecule has 0 aliphatic heterocycles. The van der Waals surface area contributed by atoms with Gasteiger partial charge in [0.2, 0.25) is 0 Å². The molecule has 2 aromatic carbocycles. The van der Waals surface area contributed by atoms with E-state index in [9.17, 15) is 4.79 Å². The van der Waals surface area contributed by atoms with Gasteiger partial charge in [0.05, 0.1) is 5.56 Å². The number of hydrogen-bond acceptors (Lipinski definition) is 2. The molecule has 88 valence electrons. The average Bonchev–Trinajstić information content (AvgIpc) is 2.82. The normalized spacial score (nSPS) is 10.7. The predicted octanol–water partition coefficient (Wildman–Crippen LogP) is 4.32. The Morgan fingerprint density at radius 2 is 1.89 bits per heavy atom. The molecular weight excluding hydrogens is 248 g/mol. The summed E-state index contributed by atoms with van der Waals surface area (Å²) in [5.41, 5.74) is 1.84. The summed E-state index contributed by atoms with van der Waals surface area (Å²) in [5, 5.41) is 1.37. The van der Waals surface area contributed by atoms with Crippen LogP contribution in [0.25, 0.3) is 11.0 Å². The van der Waals surface area contributed by atoms with E-state index in [0.29, 0.717) is 21.7 Å². The van der Waals surface area contributed by atoms with Crippen LogP contribution in [-0.2, 0) is 0 Å². The zero-order valence-corrected chi connectivity index (χ0v) is 10.1. The summed E-state index contributed by atoms with van der Waals surface area (Å²) in [7, 11) is 0. The third-order valence-electron chi connectivity index (χ3n) is 2.81. The Morgan fingerprint density at radius 3 is 2.72 bits per heavy atom. The minimum absolute atomic E-state index is 0.0811. The lowest BCUT2D eigenvalue weighted by Gasteiger charge is -1.99. The van der Waals surface area contributed by atoms with Crippen LogP contribution in [0.2, 0.25) is 5.02 Å². The molecule has 0 spiro atoms. The second kappa shape index (κ2) is 4.31. The lowest BCUT2D eigenvalue weighted by atomic mass is 10.0. The molecule has 2 nitrogen and oxygen atoms in total. The largest absolute Gasteiger partial charge is 0.464 e. The number of furan rings is 1. The standard InChI is InChI=1S/C15H9ClO2/c16-11-5-3-4-10(8-11)15(17)13-9-18-14-7-2-1-6-12(13)14/h1-9H. The number of carbonyl (C=O) groups is 1. The van der Waals surface area contributed by atoms with Gasteiger partial charge < -0.3 is 4.42 Å². The topological polar surface area (TPSA) is 30.2 Å². The van der Waals surface area contributed by atoms with Gasteiger partial charge in [0, 0.05) is 16.0 Å². The maximum Gasteiger partial charge on any atom is 0.196 e. The van der Waals surface area contributed by atoms with Crippen molar-refractivity contribution in [1.82, 2.24) is 0 Å². The summed E-state index contributed by atoms with van der Waals surface area (Å²) in [6.07, 6.45) is 1.49. The second-order valence-electron chi connectivity index (χ2n) is 3.99. The third kappa shape index (κ3) is 1.81. The van der Waals surface area contributed by atoms with Crippen LogP contribution in [0.15, 0.2) is 59.2 Å². The Balaban J connectivity index is 2.12. The number of hydrogen-bond donors (Lipinski definition) is 0. The van der Waals surface area contributed by atoms with Crippen LogP contribution in [0.1, 0.15) is 15.9 Å². The molecule has 1 aromatic heterocycles. The van der Waals surface area contributed by atoms with Gasteiger partial charge in [-0.25, -0.2) is 0 Å². The maximum atomic E-state index is 12.4. The Bertz CT molecular complexity index is 728. The van der Waals surface area contributed by atoms with E-state index in [1.54, 1.807) is 24.3 Å². The zero-order chi connectivity index (χ0) is 12.5. The van der Waals surface area contributed by atoms with E-state index in [4.69, 9.17) is 16.0 Å². The van der Waals surface area contributed by atoms with Gasteiger partial charge >= 0.3 is 0 Å². The van der Waals surface area contributed by atoms with E-state index in [1.807, 2.05) is 24.3 Å². The van der Waals surface area contributed by atoms with Gasteiger partial charge in [-0.3, -0.25) is 4.79 Å². The molecule has 0 aliphatic rings. The van der Waals surface area contributed by atoms with Crippen molar-refractivity contribution < 1.29 is 9.21 Å². The zero-order valence-electron chi connectivity index (χ0n) is 9.39. The molecule has 18 heavy (non-hydrogen) atoms. The van der Waals surface area contributed by atoms with E-state index >= 15 is 0 Å². The van der Waals surface area contributed by atoms with Gasteiger partial charge in [-0.1, -0.05) is 41.9 Å². The molecule has 1 heterocycles. The SMILES string of the molecule is O=C(c1cccc(Cl)c1)c1coc2ccccc12. The molecule has 3 aromatic rings. The summed E-state index contributed by atoms with van der Waals surface area (Å²) in [4.78, 5) is 12.4. The Labute approximate surface area is 109 Å².